The first-order valence-corrected chi connectivity index (χ1v) is 8.67. The molecule has 0 atom stereocenters. The van der Waals surface area contributed by atoms with Gasteiger partial charge in [0.1, 0.15) is 11.2 Å². The molecule has 4 nitrogen and oxygen atoms in total. The van der Waals surface area contributed by atoms with E-state index in [4.69, 9.17) is 0 Å². The number of aromatic hydroxyl groups is 1. The van der Waals surface area contributed by atoms with Crippen LogP contribution in [0.2, 0.25) is 0 Å². The Morgan fingerprint density at radius 3 is 2.50 bits per heavy atom. The van der Waals surface area contributed by atoms with Gasteiger partial charge in [-0.25, -0.2) is 0 Å². The van der Waals surface area contributed by atoms with Crippen LogP contribution in [0.1, 0.15) is 23.1 Å². The molecular weight excluding hydrogens is 324 g/mol. The summed E-state index contributed by atoms with van der Waals surface area (Å²) in [5.41, 5.74) is 3.77. The molecule has 132 valence electrons. The number of benzene rings is 2. The highest BCUT2D eigenvalue weighted by Gasteiger charge is 2.05. The lowest BCUT2D eigenvalue weighted by Gasteiger charge is -2.08. The fraction of sp³-hybridized carbons (Fsp3) is 0.182. The summed E-state index contributed by atoms with van der Waals surface area (Å²) in [7, 11) is 0. The molecule has 0 radical (unpaired) electrons. The van der Waals surface area contributed by atoms with Crippen LogP contribution in [0, 0.1) is 6.92 Å². The van der Waals surface area contributed by atoms with Crippen LogP contribution in [-0.2, 0) is 17.8 Å². The molecular formula is C22H22N2O2. The van der Waals surface area contributed by atoms with E-state index in [1.54, 1.807) is 12.1 Å². The number of aryl methyl sites for hydroxylation is 2. The van der Waals surface area contributed by atoms with E-state index < -0.39 is 0 Å². The molecule has 4 heteroatoms. The van der Waals surface area contributed by atoms with Crippen molar-refractivity contribution in [3.05, 3.63) is 95.1 Å². The van der Waals surface area contributed by atoms with Crippen LogP contribution in [0.25, 0.3) is 0 Å². The molecule has 1 aromatic heterocycles. The molecule has 0 bridgehead atoms. The summed E-state index contributed by atoms with van der Waals surface area (Å²) >= 11 is 0. The Balaban J connectivity index is 1.74. The lowest BCUT2D eigenvalue weighted by molar-refractivity contribution is -0.118. The first kappa shape index (κ1) is 17.7. The number of aromatic nitrogens is 1. The van der Waals surface area contributed by atoms with Gasteiger partial charge in [0.15, 0.2) is 0 Å². The Bertz CT molecular complexity index is 956. The number of carbonyl (C=O) groups excluding carboxylic acids is 1. The Morgan fingerprint density at radius 1 is 1.00 bits per heavy atom. The molecule has 0 saturated heterocycles. The van der Waals surface area contributed by atoms with Gasteiger partial charge in [-0.2, -0.15) is 4.99 Å². The van der Waals surface area contributed by atoms with E-state index in [9.17, 15) is 9.90 Å². The summed E-state index contributed by atoms with van der Waals surface area (Å²) in [6.45, 7) is 2.72. The third kappa shape index (κ3) is 4.70. The number of phenolic OH excluding ortho intramolecular Hbond substituents is 1. The van der Waals surface area contributed by atoms with Crippen molar-refractivity contribution in [2.75, 3.05) is 0 Å². The average Bonchev–Trinajstić information content (AvgIpc) is 2.64. The van der Waals surface area contributed by atoms with Gasteiger partial charge in [-0.15, -0.1) is 0 Å². The molecule has 1 amide bonds. The molecule has 26 heavy (non-hydrogen) atoms. The molecule has 2 aromatic carbocycles. The molecule has 3 aromatic rings. The summed E-state index contributed by atoms with van der Waals surface area (Å²) in [6.07, 6.45) is 2.66. The minimum atomic E-state index is -0.197. The molecule has 1 N–H and O–H groups in total. The van der Waals surface area contributed by atoms with Gasteiger partial charge in [-0.1, -0.05) is 54.1 Å². The van der Waals surface area contributed by atoms with Gasteiger partial charge in [0.2, 0.25) is 5.91 Å². The molecule has 3 rings (SSSR count). The smallest absolute Gasteiger partial charge is 0.247 e. The Kier molecular flexibility index (Phi) is 5.64. The van der Waals surface area contributed by atoms with Crippen LogP contribution < -0.4 is 5.49 Å². The zero-order valence-electron chi connectivity index (χ0n) is 14.8. The highest BCUT2D eigenvalue weighted by atomic mass is 16.3. The van der Waals surface area contributed by atoms with Crippen LogP contribution in [0.5, 0.6) is 5.75 Å². The maximum atomic E-state index is 12.3. The molecule has 0 aliphatic carbocycles. The maximum Gasteiger partial charge on any atom is 0.247 e. The van der Waals surface area contributed by atoms with E-state index >= 15 is 0 Å². The third-order valence-corrected chi connectivity index (χ3v) is 4.23. The van der Waals surface area contributed by atoms with E-state index in [-0.39, 0.29) is 18.1 Å². The minimum Gasteiger partial charge on any atom is -0.508 e. The first-order chi connectivity index (χ1) is 12.6. The van der Waals surface area contributed by atoms with Crippen molar-refractivity contribution in [3.63, 3.8) is 0 Å². The fourth-order valence-corrected chi connectivity index (χ4v) is 2.74. The fourth-order valence-electron chi connectivity index (χ4n) is 2.74. The average molecular weight is 346 g/mol. The maximum absolute atomic E-state index is 12.3. The van der Waals surface area contributed by atoms with E-state index in [2.05, 4.69) is 36.2 Å². The molecule has 0 aliphatic heterocycles. The summed E-state index contributed by atoms with van der Waals surface area (Å²) in [4.78, 5) is 16.5. The quantitative estimate of drug-likeness (QED) is 0.767. The van der Waals surface area contributed by atoms with Crippen molar-refractivity contribution >= 4 is 5.91 Å². The first-order valence-electron chi connectivity index (χ1n) is 8.67. The number of para-hydroxylation sites is 1. The van der Waals surface area contributed by atoms with Crippen molar-refractivity contribution in [1.29, 1.82) is 0 Å². The van der Waals surface area contributed by atoms with Crippen LogP contribution in [0.4, 0.5) is 0 Å². The number of hydrogen-bond donors (Lipinski definition) is 1. The Labute approximate surface area is 153 Å². The highest BCUT2D eigenvalue weighted by Crippen LogP contribution is 2.17. The normalized spacial score (nSPS) is 11.5. The predicted octanol–water partition coefficient (Wildman–Crippen LogP) is 3.61. The van der Waals surface area contributed by atoms with Gasteiger partial charge in [0.05, 0.1) is 0 Å². The summed E-state index contributed by atoms with van der Waals surface area (Å²) in [6, 6.07) is 21.0. The number of phenols is 1. The van der Waals surface area contributed by atoms with Crippen LogP contribution in [0.3, 0.4) is 0 Å². The van der Waals surface area contributed by atoms with Gasteiger partial charge in [-0.05, 0) is 42.7 Å². The Hall–Kier alpha value is -3.14. The van der Waals surface area contributed by atoms with Gasteiger partial charge < -0.3 is 9.67 Å². The topological polar surface area (TPSA) is 54.6 Å². The number of pyridine rings is 1. The minimum absolute atomic E-state index is 0.197. The highest BCUT2D eigenvalue weighted by molar-refractivity contribution is 5.77. The molecule has 0 spiro atoms. The van der Waals surface area contributed by atoms with Crippen molar-refractivity contribution in [1.82, 2.24) is 4.57 Å². The second-order valence-electron chi connectivity index (χ2n) is 6.31. The van der Waals surface area contributed by atoms with Crippen molar-refractivity contribution in [2.24, 2.45) is 4.99 Å². The molecule has 1 heterocycles. The summed E-state index contributed by atoms with van der Waals surface area (Å²) in [5.74, 6) is 0.0200. The zero-order chi connectivity index (χ0) is 18.4. The number of nitrogens with zero attached hydrogens (tertiary/aromatic N) is 2. The van der Waals surface area contributed by atoms with Crippen molar-refractivity contribution in [2.45, 2.75) is 26.3 Å². The number of carbonyl (C=O) groups is 1. The SMILES string of the molecule is Cc1ccc(Cn2ccccc2=NC(=O)CCc2ccccc2O)cc1. The van der Waals surface area contributed by atoms with Gasteiger partial charge in [0, 0.05) is 19.2 Å². The van der Waals surface area contributed by atoms with E-state index in [0.717, 1.165) is 11.1 Å². The summed E-state index contributed by atoms with van der Waals surface area (Å²) in [5, 5.41) is 9.79. The second-order valence-corrected chi connectivity index (χ2v) is 6.31. The molecule has 0 aliphatic rings. The van der Waals surface area contributed by atoms with Crippen molar-refractivity contribution < 1.29 is 9.90 Å². The van der Waals surface area contributed by atoms with Crippen LogP contribution in [0.15, 0.2) is 77.9 Å². The van der Waals surface area contributed by atoms with Crippen LogP contribution >= 0.6 is 0 Å². The third-order valence-electron chi connectivity index (χ3n) is 4.23. The van der Waals surface area contributed by atoms with Crippen molar-refractivity contribution in [3.8, 4) is 5.75 Å². The zero-order valence-corrected chi connectivity index (χ0v) is 14.8. The van der Waals surface area contributed by atoms with E-state index in [1.807, 2.05) is 41.1 Å². The molecule has 0 unspecified atom stereocenters. The Morgan fingerprint density at radius 2 is 1.73 bits per heavy atom. The lowest BCUT2D eigenvalue weighted by Crippen LogP contribution is -2.22. The monoisotopic (exact) mass is 346 g/mol. The standard InChI is InChI=1S/C22H22N2O2/c1-17-9-11-18(12-10-17)16-24-15-5-4-8-21(24)23-22(26)14-13-19-6-2-3-7-20(19)25/h2-12,15,25H,13-14,16H2,1H3. The largest absolute Gasteiger partial charge is 0.508 e. The molecule has 0 saturated carbocycles. The summed E-state index contributed by atoms with van der Waals surface area (Å²) < 4.78 is 1.96. The van der Waals surface area contributed by atoms with Gasteiger partial charge in [0.25, 0.3) is 0 Å². The number of rotatable bonds is 5. The van der Waals surface area contributed by atoms with E-state index in [1.165, 1.54) is 5.56 Å². The van der Waals surface area contributed by atoms with Gasteiger partial charge in [-0.3, -0.25) is 4.79 Å². The lowest BCUT2D eigenvalue weighted by atomic mass is 10.1. The second kappa shape index (κ2) is 8.30. The number of hydrogen-bond acceptors (Lipinski definition) is 2. The van der Waals surface area contributed by atoms with Crippen LogP contribution in [-0.4, -0.2) is 15.6 Å². The molecule has 0 fully saturated rings. The van der Waals surface area contributed by atoms with E-state index in [0.29, 0.717) is 18.5 Å². The number of amides is 1. The predicted molar refractivity (Wildman–Crippen MR) is 102 cm³/mol. The van der Waals surface area contributed by atoms with Gasteiger partial charge >= 0.3 is 0 Å².